The van der Waals surface area contributed by atoms with Crippen LogP contribution < -0.4 is 0 Å². The van der Waals surface area contributed by atoms with E-state index in [-0.39, 0.29) is 0 Å². The minimum Gasteiger partial charge on any atom is -0.324 e. The van der Waals surface area contributed by atoms with Gasteiger partial charge >= 0.3 is 0 Å². The number of nitrogens with zero attached hydrogens (tertiary/aromatic N) is 3. The van der Waals surface area contributed by atoms with Gasteiger partial charge in [-0.05, 0) is 49.2 Å². The molecule has 0 spiro atoms. The van der Waals surface area contributed by atoms with Crippen LogP contribution in [0, 0.1) is 13.8 Å². The van der Waals surface area contributed by atoms with Gasteiger partial charge in [0.05, 0.1) is 34.1 Å². The normalized spacial score (nSPS) is 11.5. The van der Waals surface area contributed by atoms with E-state index in [1.807, 2.05) is 12.4 Å². The van der Waals surface area contributed by atoms with Crippen molar-refractivity contribution in [2.75, 3.05) is 0 Å². The predicted octanol–water partition coefficient (Wildman–Crippen LogP) is 4.31. The SMILES string of the molecule is Cc1cc2ncn(Cc3nc4ccccc4s3)c2cc1C. The van der Waals surface area contributed by atoms with Gasteiger partial charge in [0.25, 0.3) is 0 Å². The van der Waals surface area contributed by atoms with Gasteiger partial charge in [-0.2, -0.15) is 0 Å². The highest BCUT2D eigenvalue weighted by atomic mass is 32.1. The number of aromatic nitrogens is 3. The first-order chi connectivity index (χ1) is 10.2. The van der Waals surface area contributed by atoms with Crippen LogP contribution in [0.1, 0.15) is 16.1 Å². The maximum atomic E-state index is 4.70. The van der Waals surface area contributed by atoms with Gasteiger partial charge in [-0.15, -0.1) is 11.3 Å². The maximum absolute atomic E-state index is 4.70. The summed E-state index contributed by atoms with van der Waals surface area (Å²) in [7, 11) is 0. The van der Waals surface area contributed by atoms with Crippen LogP contribution in [0.3, 0.4) is 0 Å². The summed E-state index contributed by atoms with van der Waals surface area (Å²) >= 11 is 1.75. The number of aryl methyl sites for hydroxylation is 2. The van der Waals surface area contributed by atoms with Gasteiger partial charge in [0.2, 0.25) is 0 Å². The summed E-state index contributed by atoms with van der Waals surface area (Å²) in [5.41, 5.74) is 5.90. The van der Waals surface area contributed by atoms with Crippen molar-refractivity contribution in [1.29, 1.82) is 0 Å². The lowest BCUT2D eigenvalue weighted by Crippen LogP contribution is -1.97. The van der Waals surface area contributed by atoms with Crippen LogP contribution in [0.25, 0.3) is 21.3 Å². The fourth-order valence-corrected chi connectivity index (χ4v) is 3.54. The van der Waals surface area contributed by atoms with Gasteiger partial charge in [-0.25, -0.2) is 9.97 Å². The number of thiazole rings is 1. The molecule has 0 bridgehead atoms. The molecule has 0 saturated heterocycles. The molecule has 0 unspecified atom stereocenters. The molecule has 0 aliphatic heterocycles. The molecule has 0 N–H and O–H groups in total. The van der Waals surface area contributed by atoms with Crippen molar-refractivity contribution in [1.82, 2.24) is 14.5 Å². The molecule has 0 aliphatic rings. The number of imidazole rings is 1. The largest absolute Gasteiger partial charge is 0.324 e. The molecule has 104 valence electrons. The highest BCUT2D eigenvalue weighted by Gasteiger charge is 2.08. The fourth-order valence-electron chi connectivity index (χ4n) is 2.57. The Morgan fingerprint density at radius 3 is 2.71 bits per heavy atom. The standard InChI is InChI=1S/C17H15N3S/c1-11-7-14-15(8-12(11)2)20(10-18-14)9-17-19-13-5-3-4-6-16(13)21-17/h3-8,10H,9H2,1-2H3. The van der Waals surface area contributed by atoms with Crippen LogP contribution in [0.5, 0.6) is 0 Å². The Morgan fingerprint density at radius 1 is 1.05 bits per heavy atom. The van der Waals surface area contributed by atoms with Crippen LogP contribution in [0.4, 0.5) is 0 Å². The summed E-state index contributed by atoms with van der Waals surface area (Å²) in [6.45, 7) is 5.05. The summed E-state index contributed by atoms with van der Waals surface area (Å²) in [6.07, 6.45) is 1.91. The number of hydrogen-bond acceptors (Lipinski definition) is 3. The first-order valence-corrected chi connectivity index (χ1v) is 7.79. The van der Waals surface area contributed by atoms with Crippen molar-refractivity contribution in [3.05, 3.63) is 58.9 Å². The van der Waals surface area contributed by atoms with E-state index in [9.17, 15) is 0 Å². The molecule has 0 amide bonds. The van der Waals surface area contributed by atoms with Crippen LogP contribution in [0.15, 0.2) is 42.7 Å². The Morgan fingerprint density at radius 2 is 1.86 bits per heavy atom. The molecule has 0 aliphatic carbocycles. The van der Waals surface area contributed by atoms with Crippen LogP contribution in [-0.2, 0) is 6.54 Å². The summed E-state index contributed by atoms with van der Waals surface area (Å²) in [6, 6.07) is 12.6. The summed E-state index contributed by atoms with van der Waals surface area (Å²) in [4.78, 5) is 9.21. The Kier molecular flexibility index (Phi) is 2.79. The second-order valence-corrected chi connectivity index (χ2v) is 6.49. The Labute approximate surface area is 126 Å². The lowest BCUT2D eigenvalue weighted by atomic mass is 10.1. The van der Waals surface area contributed by atoms with Crippen LogP contribution in [-0.4, -0.2) is 14.5 Å². The molecule has 0 saturated carbocycles. The second-order valence-electron chi connectivity index (χ2n) is 5.37. The van der Waals surface area contributed by atoms with Gasteiger partial charge in [-0.3, -0.25) is 0 Å². The first-order valence-electron chi connectivity index (χ1n) is 6.97. The molecule has 2 aromatic carbocycles. The lowest BCUT2D eigenvalue weighted by Gasteiger charge is -2.04. The molecular weight excluding hydrogens is 278 g/mol. The molecular formula is C17H15N3S. The summed E-state index contributed by atoms with van der Waals surface area (Å²) < 4.78 is 3.42. The van der Waals surface area contributed by atoms with E-state index in [1.165, 1.54) is 21.3 Å². The monoisotopic (exact) mass is 293 g/mol. The molecule has 2 heterocycles. The van der Waals surface area contributed by atoms with E-state index in [4.69, 9.17) is 4.98 Å². The molecule has 0 fully saturated rings. The Hall–Kier alpha value is -2.20. The number of para-hydroxylation sites is 1. The predicted molar refractivity (Wildman–Crippen MR) is 87.9 cm³/mol. The molecule has 2 aromatic heterocycles. The minimum atomic E-state index is 0.776. The van der Waals surface area contributed by atoms with E-state index < -0.39 is 0 Å². The van der Waals surface area contributed by atoms with Crippen molar-refractivity contribution < 1.29 is 0 Å². The smallest absolute Gasteiger partial charge is 0.114 e. The molecule has 4 aromatic rings. The zero-order chi connectivity index (χ0) is 14.4. The number of hydrogen-bond donors (Lipinski definition) is 0. The third-order valence-electron chi connectivity index (χ3n) is 3.88. The lowest BCUT2D eigenvalue weighted by molar-refractivity contribution is 0.818. The zero-order valence-electron chi connectivity index (χ0n) is 12.0. The van der Waals surface area contributed by atoms with Crippen LogP contribution >= 0.6 is 11.3 Å². The van der Waals surface area contributed by atoms with Crippen molar-refractivity contribution in [2.24, 2.45) is 0 Å². The van der Waals surface area contributed by atoms with Gasteiger partial charge in [0.15, 0.2) is 0 Å². The molecule has 4 rings (SSSR count). The van der Waals surface area contributed by atoms with E-state index in [1.54, 1.807) is 11.3 Å². The first kappa shape index (κ1) is 12.5. The third kappa shape index (κ3) is 2.12. The highest BCUT2D eigenvalue weighted by Crippen LogP contribution is 2.24. The zero-order valence-corrected chi connectivity index (χ0v) is 12.8. The quantitative estimate of drug-likeness (QED) is 0.551. The average molecular weight is 293 g/mol. The Balaban J connectivity index is 1.78. The van der Waals surface area contributed by atoms with E-state index in [0.29, 0.717) is 0 Å². The summed E-state index contributed by atoms with van der Waals surface area (Å²) in [5, 5.41) is 1.12. The topological polar surface area (TPSA) is 30.7 Å². The summed E-state index contributed by atoms with van der Waals surface area (Å²) in [5.74, 6) is 0. The molecule has 4 heteroatoms. The van der Waals surface area contributed by atoms with Crippen molar-refractivity contribution in [2.45, 2.75) is 20.4 Å². The van der Waals surface area contributed by atoms with Gasteiger partial charge in [-0.1, -0.05) is 12.1 Å². The second kappa shape index (κ2) is 4.67. The van der Waals surface area contributed by atoms with Gasteiger partial charge in [0, 0.05) is 0 Å². The van der Waals surface area contributed by atoms with Crippen molar-refractivity contribution in [3.8, 4) is 0 Å². The van der Waals surface area contributed by atoms with E-state index >= 15 is 0 Å². The third-order valence-corrected chi connectivity index (χ3v) is 4.90. The Bertz CT molecular complexity index is 916. The molecule has 0 atom stereocenters. The fraction of sp³-hybridized carbons (Fsp3) is 0.176. The average Bonchev–Trinajstić information content (AvgIpc) is 3.04. The van der Waals surface area contributed by atoms with Gasteiger partial charge in [0.1, 0.15) is 5.01 Å². The number of rotatable bonds is 2. The number of benzene rings is 2. The maximum Gasteiger partial charge on any atom is 0.114 e. The van der Waals surface area contributed by atoms with Crippen molar-refractivity contribution in [3.63, 3.8) is 0 Å². The van der Waals surface area contributed by atoms with Crippen molar-refractivity contribution >= 4 is 32.6 Å². The minimum absolute atomic E-state index is 0.776. The molecule has 3 nitrogen and oxygen atoms in total. The van der Waals surface area contributed by atoms with E-state index in [0.717, 1.165) is 22.6 Å². The molecule has 0 radical (unpaired) electrons. The molecule has 21 heavy (non-hydrogen) atoms. The van der Waals surface area contributed by atoms with Crippen LogP contribution in [0.2, 0.25) is 0 Å². The number of fused-ring (bicyclic) bond motifs is 2. The van der Waals surface area contributed by atoms with E-state index in [2.05, 4.69) is 53.7 Å². The highest BCUT2D eigenvalue weighted by molar-refractivity contribution is 7.18. The van der Waals surface area contributed by atoms with Gasteiger partial charge < -0.3 is 4.57 Å².